The first-order chi connectivity index (χ1) is 8.85. The number of benzene rings is 1. The molecule has 0 saturated carbocycles. The Bertz CT molecular complexity index is 626. The molecule has 0 aliphatic rings. The lowest BCUT2D eigenvalue weighted by Crippen LogP contribution is -2.27. The second-order valence-corrected chi connectivity index (χ2v) is 5.59. The topological polar surface area (TPSA) is 44.1 Å². The third-order valence-electron chi connectivity index (χ3n) is 3.55. The second-order valence-electron chi connectivity index (χ2n) is 5.59. The Balaban J connectivity index is 2.34. The zero-order valence-electron chi connectivity index (χ0n) is 12.2. The van der Waals surface area contributed by atoms with E-state index in [4.69, 9.17) is 4.74 Å². The number of ether oxygens (including phenoxy) is 1. The van der Waals surface area contributed by atoms with Gasteiger partial charge in [-0.05, 0) is 44.9 Å². The Labute approximate surface area is 113 Å². The largest absolute Gasteiger partial charge is 0.469 e. The molecule has 0 N–H and O–H groups in total. The van der Waals surface area contributed by atoms with Crippen molar-refractivity contribution in [1.82, 2.24) is 9.55 Å². The van der Waals surface area contributed by atoms with Crippen molar-refractivity contribution in [2.24, 2.45) is 12.5 Å². The van der Waals surface area contributed by atoms with Crippen molar-refractivity contribution < 1.29 is 9.53 Å². The highest BCUT2D eigenvalue weighted by Gasteiger charge is 2.29. The van der Waals surface area contributed by atoms with E-state index in [1.165, 1.54) is 7.11 Å². The highest BCUT2D eigenvalue weighted by Crippen LogP contribution is 2.25. The van der Waals surface area contributed by atoms with Crippen LogP contribution in [0.5, 0.6) is 0 Å². The van der Waals surface area contributed by atoms with Crippen molar-refractivity contribution in [3.63, 3.8) is 0 Å². The molecule has 4 nitrogen and oxygen atoms in total. The molecule has 0 amide bonds. The van der Waals surface area contributed by atoms with E-state index >= 15 is 0 Å². The number of nitrogens with zero attached hydrogens (tertiary/aromatic N) is 2. The quantitative estimate of drug-likeness (QED) is 0.797. The summed E-state index contributed by atoms with van der Waals surface area (Å²) in [6.07, 6.45) is 0.644. The van der Waals surface area contributed by atoms with E-state index in [1.54, 1.807) is 0 Å². The fourth-order valence-corrected chi connectivity index (χ4v) is 2.33. The summed E-state index contributed by atoms with van der Waals surface area (Å²) >= 11 is 0. The standard InChI is InChI=1S/C15H20N2O2/c1-10-16-12-8-11(6-7-13(12)17(10)4)9-15(2,3)14(18)19-5/h6-8H,9H2,1-5H3. The molecule has 0 radical (unpaired) electrons. The van der Waals surface area contributed by atoms with Crippen LogP contribution in [0.3, 0.4) is 0 Å². The number of aromatic nitrogens is 2. The van der Waals surface area contributed by atoms with Gasteiger partial charge in [-0.15, -0.1) is 0 Å². The van der Waals surface area contributed by atoms with Gasteiger partial charge < -0.3 is 9.30 Å². The molecule has 0 spiro atoms. The van der Waals surface area contributed by atoms with Crippen LogP contribution in [0, 0.1) is 12.3 Å². The van der Waals surface area contributed by atoms with Crippen molar-refractivity contribution in [3.05, 3.63) is 29.6 Å². The molecule has 0 unspecified atom stereocenters. The smallest absolute Gasteiger partial charge is 0.311 e. The average molecular weight is 260 g/mol. The summed E-state index contributed by atoms with van der Waals surface area (Å²) in [6.45, 7) is 5.78. The summed E-state index contributed by atoms with van der Waals surface area (Å²) in [5.41, 5.74) is 2.66. The zero-order valence-corrected chi connectivity index (χ0v) is 12.2. The molecule has 0 bridgehead atoms. The molecule has 0 atom stereocenters. The van der Waals surface area contributed by atoms with Crippen molar-refractivity contribution in [2.75, 3.05) is 7.11 Å². The maximum Gasteiger partial charge on any atom is 0.311 e. The van der Waals surface area contributed by atoms with Crippen LogP contribution in [-0.2, 0) is 23.0 Å². The maximum atomic E-state index is 11.7. The van der Waals surface area contributed by atoms with Crippen molar-refractivity contribution in [2.45, 2.75) is 27.2 Å². The lowest BCUT2D eigenvalue weighted by Gasteiger charge is -2.21. The molecule has 1 aromatic carbocycles. The molecule has 19 heavy (non-hydrogen) atoms. The van der Waals surface area contributed by atoms with Gasteiger partial charge in [-0.2, -0.15) is 0 Å². The molecular formula is C15H20N2O2. The van der Waals surface area contributed by atoms with Gasteiger partial charge in [0, 0.05) is 7.05 Å². The van der Waals surface area contributed by atoms with Gasteiger partial charge in [0.2, 0.25) is 0 Å². The predicted octanol–water partition coefficient (Wildman–Crippen LogP) is 2.62. The van der Waals surface area contributed by atoms with Gasteiger partial charge in [0.15, 0.2) is 0 Å². The van der Waals surface area contributed by atoms with Crippen LogP contribution in [-0.4, -0.2) is 22.6 Å². The van der Waals surface area contributed by atoms with Gasteiger partial charge >= 0.3 is 5.97 Å². The normalized spacial score (nSPS) is 11.8. The van der Waals surface area contributed by atoms with Crippen LogP contribution in [0.15, 0.2) is 18.2 Å². The van der Waals surface area contributed by atoms with E-state index in [0.29, 0.717) is 6.42 Å². The zero-order chi connectivity index (χ0) is 14.2. The Kier molecular flexibility index (Phi) is 3.35. The molecule has 1 heterocycles. The average Bonchev–Trinajstić information content (AvgIpc) is 2.63. The van der Waals surface area contributed by atoms with Crippen LogP contribution in [0.4, 0.5) is 0 Å². The number of rotatable bonds is 3. The number of fused-ring (bicyclic) bond motifs is 1. The van der Waals surface area contributed by atoms with Crippen molar-refractivity contribution in [3.8, 4) is 0 Å². The minimum Gasteiger partial charge on any atom is -0.469 e. The fourth-order valence-electron chi connectivity index (χ4n) is 2.33. The van der Waals surface area contributed by atoms with Gasteiger partial charge in [0.05, 0.1) is 23.6 Å². The fraction of sp³-hybridized carbons (Fsp3) is 0.467. The Morgan fingerprint density at radius 3 is 2.74 bits per heavy atom. The molecular weight excluding hydrogens is 240 g/mol. The monoisotopic (exact) mass is 260 g/mol. The van der Waals surface area contributed by atoms with Gasteiger partial charge in [0.1, 0.15) is 5.82 Å². The summed E-state index contributed by atoms with van der Waals surface area (Å²) in [6, 6.07) is 6.15. The first kappa shape index (κ1) is 13.6. The van der Waals surface area contributed by atoms with Gasteiger partial charge in [-0.1, -0.05) is 6.07 Å². The molecule has 0 aliphatic carbocycles. The van der Waals surface area contributed by atoms with E-state index < -0.39 is 5.41 Å². The van der Waals surface area contributed by atoms with Crippen molar-refractivity contribution >= 4 is 17.0 Å². The first-order valence-electron chi connectivity index (χ1n) is 6.35. The maximum absolute atomic E-state index is 11.7. The third-order valence-corrected chi connectivity index (χ3v) is 3.55. The van der Waals surface area contributed by atoms with Crippen LogP contribution >= 0.6 is 0 Å². The van der Waals surface area contributed by atoms with Gasteiger partial charge in [0.25, 0.3) is 0 Å². The summed E-state index contributed by atoms with van der Waals surface area (Å²) in [5, 5.41) is 0. The highest BCUT2D eigenvalue weighted by molar-refractivity contribution is 5.78. The summed E-state index contributed by atoms with van der Waals surface area (Å²) in [5.74, 6) is 0.796. The van der Waals surface area contributed by atoms with Crippen LogP contribution < -0.4 is 0 Å². The van der Waals surface area contributed by atoms with Crippen molar-refractivity contribution in [1.29, 1.82) is 0 Å². The van der Waals surface area contributed by atoms with E-state index in [9.17, 15) is 4.79 Å². The Hall–Kier alpha value is -1.84. The molecule has 2 aromatic rings. The Morgan fingerprint density at radius 2 is 2.11 bits per heavy atom. The number of carbonyl (C=O) groups excluding carboxylic acids is 1. The van der Waals surface area contributed by atoms with Gasteiger partial charge in [-0.3, -0.25) is 4.79 Å². The number of esters is 1. The minimum atomic E-state index is -0.522. The number of hydrogen-bond donors (Lipinski definition) is 0. The van der Waals surface area contributed by atoms with E-state index in [-0.39, 0.29) is 5.97 Å². The molecule has 102 valence electrons. The molecule has 0 saturated heterocycles. The predicted molar refractivity (Wildman–Crippen MR) is 75.0 cm³/mol. The van der Waals surface area contributed by atoms with Crippen LogP contribution in [0.1, 0.15) is 25.2 Å². The minimum absolute atomic E-state index is 0.190. The Morgan fingerprint density at radius 1 is 1.42 bits per heavy atom. The first-order valence-corrected chi connectivity index (χ1v) is 6.35. The number of hydrogen-bond acceptors (Lipinski definition) is 3. The van der Waals surface area contributed by atoms with E-state index in [2.05, 4.69) is 15.6 Å². The van der Waals surface area contributed by atoms with Crippen LogP contribution in [0.2, 0.25) is 0 Å². The summed E-state index contributed by atoms with van der Waals surface area (Å²) in [7, 11) is 3.43. The van der Waals surface area contributed by atoms with Gasteiger partial charge in [-0.25, -0.2) is 4.98 Å². The summed E-state index contributed by atoms with van der Waals surface area (Å²) < 4.78 is 6.90. The molecule has 2 rings (SSSR count). The van der Waals surface area contributed by atoms with E-state index in [0.717, 1.165) is 22.4 Å². The van der Waals surface area contributed by atoms with Crippen LogP contribution in [0.25, 0.3) is 11.0 Å². The second kappa shape index (κ2) is 4.68. The third kappa shape index (κ3) is 2.48. The number of carbonyl (C=O) groups is 1. The number of methoxy groups -OCH3 is 1. The molecule has 0 aliphatic heterocycles. The number of aryl methyl sites for hydroxylation is 2. The summed E-state index contributed by atoms with van der Waals surface area (Å²) in [4.78, 5) is 16.2. The number of imidazole rings is 1. The molecule has 4 heteroatoms. The molecule has 1 aromatic heterocycles. The highest BCUT2D eigenvalue weighted by atomic mass is 16.5. The molecule has 0 fully saturated rings. The lowest BCUT2D eigenvalue weighted by atomic mass is 9.86. The SMILES string of the molecule is COC(=O)C(C)(C)Cc1ccc2c(c1)nc(C)n2C. The lowest BCUT2D eigenvalue weighted by molar-refractivity contribution is -0.150. The van der Waals surface area contributed by atoms with E-state index in [1.807, 2.05) is 40.0 Å².